The van der Waals surface area contributed by atoms with Gasteiger partial charge in [0.1, 0.15) is 0 Å². The first-order chi connectivity index (χ1) is 11.8. The molecule has 1 heterocycles. The molecule has 1 aliphatic heterocycles. The first kappa shape index (κ1) is 18.9. The van der Waals surface area contributed by atoms with Crippen molar-refractivity contribution in [3.05, 3.63) is 61.6 Å². The number of hydrogen-bond donors (Lipinski definition) is 0. The van der Waals surface area contributed by atoms with Crippen molar-refractivity contribution < 1.29 is 8.42 Å². The van der Waals surface area contributed by atoms with E-state index in [1.165, 1.54) is 4.41 Å². The minimum absolute atomic E-state index is 0.212. The van der Waals surface area contributed by atoms with Crippen molar-refractivity contribution in [1.29, 1.82) is 0 Å². The van der Waals surface area contributed by atoms with E-state index in [1.54, 1.807) is 42.5 Å². The molecule has 0 aliphatic carbocycles. The molecule has 2 aromatic carbocycles. The molecule has 0 N–H and O–H groups in total. The third-order valence-corrected chi connectivity index (χ3v) is 7.27. The summed E-state index contributed by atoms with van der Waals surface area (Å²) < 4.78 is 28.1. The summed E-state index contributed by atoms with van der Waals surface area (Å²) in [6.07, 6.45) is 1.36. The number of sulfonamides is 1. The van der Waals surface area contributed by atoms with Gasteiger partial charge < -0.3 is 0 Å². The monoisotopic (exact) mass is 508 g/mol. The van der Waals surface area contributed by atoms with Crippen LogP contribution >= 0.6 is 45.8 Å². The van der Waals surface area contributed by atoms with Crippen LogP contribution in [0.1, 0.15) is 25.3 Å². The summed E-state index contributed by atoms with van der Waals surface area (Å²) in [6.45, 7) is 1.86. The summed E-state index contributed by atoms with van der Waals surface area (Å²) >= 11 is 14.2. The third kappa shape index (κ3) is 3.97. The molecular formula is C17H15Cl2IN2O2S. The Morgan fingerprint density at radius 2 is 1.80 bits per heavy atom. The van der Waals surface area contributed by atoms with Gasteiger partial charge in [-0.3, -0.25) is 0 Å². The first-order valence-electron chi connectivity index (χ1n) is 7.62. The summed E-state index contributed by atoms with van der Waals surface area (Å²) in [6, 6.07) is 11.7. The van der Waals surface area contributed by atoms with Crippen LogP contribution in [0.5, 0.6) is 0 Å². The van der Waals surface area contributed by atoms with E-state index < -0.39 is 10.0 Å². The zero-order valence-electron chi connectivity index (χ0n) is 13.3. The molecule has 0 saturated carbocycles. The normalized spacial score (nSPS) is 18.2. The molecule has 4 nitrogen and oxygen atoms in total. The molecule has 1 unspecified atom stereocenters. The summed E-state index contributed by atoms with van der Waals surface area (Å²) in [5.74, 6) is 0. The smallest absolute Gasteiger partial charge is 0.200 e. The molecule has 1 atom stereocenters. The largest absolute Gasteiger partial charge is 0.279 e. The fourth-order valence-electron chi connectivity index (χ4n) is 2.61. The van der Waals surface area contributed by atoms with Crippen LogP contribution in [0.2, 0.25) is 10.0 Å². The second kappa shape index (κ2) is 7.42. The van der Waals surface area contributed by atoms with E-state index >= 15 is 0 Å². The van der Waals surface area contributed by atoms with Gasteiger partial charge in [-0.25, -0.2) is 0 Å². The lowest BCUT2D eigenvalue weighted by Gasteiger charge is -2.30. The molecule has 0 bridgehead atoms. The summed E-state index contributed by atoms with van der Waals surface area (Å²) in [4.78, 5) is 0.235. The van der Waals surface area contributed by atoms with Crippen LogP contribution in [0.15, 0.2) is 52.5 Å². The number of rotatable bonds is 3. The molecule has 3 rings (SSSR count). The lowest BCUT2D eigenvalue weighted by atomic mass is 10.0. The van der Waals surface area contributed by atoms with E-state index in [-0.39, 0.29) is 10.9 Å². The van der Waals surface area contributed by atoms with Gasteiger partial charge in [-0.05, 0) is 84.3 Å². The van der Waals surface area contributed by atoms with Gasteiger partial charge in [-0.2, -0.15) is 17.9 Å². The summed E-state index contributed by atoms with van der Waals surface area (Å²) in [7, 11) is -3.70. The predicted molar refractivity (Wildman–Crippen MR) is 110 cm³/mol. The van der Waals surface area contributed by atoms with E-state index in [1.807, 2.05) is 6.92 Å². The zero-order chi connectivity index (χ0) is 18.2. The van der Waals surface area contributed by atoms with E-state index in [2.05, 4.69) is 27.7 Å². The SMILES string of the molecule is CC1CCC(c2ccc(Cl)c(Cl)c2)=NN1S(=O)(=O)c1ccc(I)cc1. The number of nitrogens with zero attached hydrogens (tertiary/aromatic N) is 2. The first-order valence-corrected chi connectivity index (χ1v) is 10.9. The Balaban J connectivity index is 2.01. The highest BCUT2D eigenvalue weighted by atomic mass is 127. The van der Waals surface area contributed by atoms with Crippen LogP contribution < -0.4 is 0 Å². The summed E-state index contributed by atoms with van der Waals surface area (Å²) in [5, 5.41) is 5.31. The third-order valence-electron chi connectivity index (χ3n) is 4.01. The number of halogens is 3. The molecule has 0 saturated heterocycles. The Hall–Kier alpha value is -0.830. The van der Waals surface area contributed by atoms with Gasteiger partial charge in [0.05, 0.1) is 26.7 Å². The van der Waals surface area contributed by atoms with E-state index in [0.717, 1.165) is 9.13 Å². The highest BCUT2D eigenvalue weighted by Crippen LogP contribution is 2.29. The van der Waals surface area contributed by atoms with E-state index in [9.17, 15) is 8.42 Å². The fraction of sp³-hybridized carbons (Fsp3) is 0.235. The molecule has 0 fully saturated rings. The van der Waals surface area contributed by atoms with Crippen molar-refractivity contribution in [1.82, 2.24) is 4.41 Å². The molecule has 0 spiro atoms. The Morgan fingerprint density at radius 3 is 2.44 bits per heavy atom. The topological polar surface area (TPSA) is 49.7 Å². The fourth-order valence-corrected chi connectivity index (χ4v) is 4.75. The maximum Gasteiger partial charge on any atom is 0.279 e. The Bertz CT molecular complexity index is 930. The Kier molecular flexibility index (Phi) is 5.63. The van der Waals surface area contributed by atoms with Gasteiger partial charge in [0.2, 0.25) is 0 Å². The average Bonchev–Trinajstić information content (AvgIpc) is 2.58. The van der Waals surface area contributed by atoms with Crippen LogP contribution in [0.4, 0.5) is 0 Å². The highest BCUT2D eigenvalue weighted by Gasteiger charge is 2.31. The van der Waals surface area contributed by atoms with Crippen molar-refractivity contribution in [3.63, 3.8) is 0 Å². The van der Waals surface area contributed by atoms with Gasteiger partial charge in [0.25, 0.3) is 10.0 Å². The molecule has 25 heavy (non-hydrogen) atoms. The van der Waals surface area contributed by atoms with Crippen LogP contribution in [-0.4, -0.2) is 24.6 Å². The van der Waals surface area contributed by atoms with Crippen molar-refractivity contribution in [2.24, 2.45) is 5.10 Å². The standard InChI is InChI=1S/C17H15Cl2IN2O2S/c1-11-2-9-17(12-3-8-15(18)16(19)10-12)21-22(11)25(23,24)14-6-4-13(20)5-7-14/h3-8,10-11H,2,9H2,1H3. The van der Waals surface area contributed by atoms with Gasteiger partial charge >= 0.3 is 0 Å². The average molecular weight is 509 g/mol. The minimum atomic E-state index is -3.70. The quantitative estimate of drug-likeness (QED) is 0.536. The van der Waals surface area contributed by atoms with Crippen molar-refractivity contribution in [2.45, 2.75) is 30.7 Å². The van der Waals surface area contributed by atoms with Crippen molar-refractivity contribution in [3.8, 4) is 0 Å². The van der Waals surface area contributed by atoms with Crippen LogP contribution in [0.3, 0.4) is 0 Å². The highest BCUT2D eigenvalue weighted by molar-refractivity contribution is 14.1. The molecule has 1 aliphatic rings. The molecule has 0 radical (unpaired) electrons. The van der Waals surface area contributed by atoms with E-state index in [4.69, 9.17) is 23.2 Å². The second-order valence-electron chi connectivity index (χ2n) is 5.79. The van der Waals surface area contributed by atoms with Crippen LogP contribution in [0, 0.1) is 3.57 Å². The molecular weight excluding hydrogens is 494 g/mol. The van der Waals surface area contributed by atoms with Crippen molar-refractivity contribution in [2.75, 3.05) is 0 Å². The molecule has 132 valence electrons. The maximum absolute atomic E-state index is 13.0. The Labute approximate surface area is 171 Å². The summed E-state index contributed by atoms with van der Waals surface area (Å²) in [5.41, 5.74) is 1.47. The molecule has 8 heteroatoms. The molecule has 0 aromatic heterocycles. The van der Waals surface area contributed by atoms with Crippen LogP contribution in [0.25, 0.3) is 0 Å². The maximum atomic E-state index is 13.0. The Morgan fingerprint density at radius 1 is 1.12 bits per heavy atom. The van der Waals surface area contributed by atoms with E-state index in [0.29, 0.717) is 28.6 Å². The lowest BCUT2D eigenvalue weighted by molar-refractivity contribution is 0.323. The van der Waals surface area contributed by atoms with Gasteiger partial charge in [-0.1, -0.05) is 29.3 Å². The number of hydrogen-bond acceptors (Lipinski definition) is 3. The predicted octanol–water partition coefficient (Wildman–Crippen LogP) is 5.18. The van der Waals surface area contributed by atoms with Gasteiger partial charge in [0, 0.05) is 3.57 Å². The molecule has 2 aromatic rings. The molecule has 0 amide bonds. The van der Waals surface area contributed by atoms with Crippen molar-refractivity contribution >= 4 is 61.5 Å². The second-order valence-corrected chi connectivity index (χ2v) is 9.65. The minimum Gasteiger partial charge on any atom is -0.200 e. The van der Waals surface area contributed by atoms with Gasteiger partial charge in [0.15, 0.2) is 0 Å². The number of hydrazone groups is 1. The van der Waals surface area contributed by atoms with Gasteiger partial charge in [-0.15, -0.1) is 0 Å². The lowest BCUT2D eigenvalue weighted by Crippen LogP contribution is -2.38. The van der Waals surface area contributed by atoms with Crippen LogP contribution in [-0.2, 0) is 10.0 Å². The number of benzene rings is 2. The zero-order valence-corrected chi connectivity index (χ0v) is 17.8.